The van der Waals surface area contributed by atoms with Crippen molar-refractivity contribution in [1.29, 1.82) is 0 Å². The smallest absolute Gasteiger partial charge is 0.216 e. The largest absolute Gasteiger partial charge is 0.356 e. The Balaban J connectivity index is 2.32. The highest BCUT2D eigenvalue weighted by Crippen LogP contribution is 2.16. The minimum Gasteiger partial charge on any atom is -0.356 e. The Kier molecular flexibility index (Phi) is 6.80. The molecule has 1 heterocycles. The molecule has 1 amide bonds. The highest BCUT2D eigenvalue weighted by molar-refractivity contribution is 8.14. The Morgan fingerprint density at radius 1 is 1.47 bits per heavy atom. The molecule has 0 unspecified atom stereocenters. The molecule has 1 aromatic heterocycles. The topological polar surface area (TPSA) is 59.1 Å². The van der Waals surface area contributed by atoms with Gasteiger partial charge in [-0.25, -0.2) is 4.98 Å². The second kappa shape index (κ2) is 8.12. The number of hydrogen-bond acceptors (Lipinski definition) is 5. The molecule has 0 bridgehead atoms. The molecule has 0 atom stereocenters. The Hall–Kier alpha value is -1.14. The summed E-state index contributed by atoms with van der Waals surface area (Å²) >= 11 is 2.85. The molecule has 104 valence electrons. The quantitative estimate of drug-likeness (QED) is 0.648. The van der Waals surface area contributed by atoms with Crippen LogP contribution >= 0.6 is 23.1 Å². The van der Waals surface area contributed by atoms with E-state index >= 15 is 0 Å². The molecule has 4 nitrogen and oxygen atoms in total. The van der Waals surface area contributed by atoms with Crippen LogP contribution in [0.25, 0.3) is 6.08 Å². The number of thiazole rings is 1. The van der Waals surface area contributed by atoms with Gasteiger partial charge in [-0.2, -0.15) is 0 Å². The fourth-order valence-electron chi connectivity index (χ4n) is 1.34. The summed E-state index contributed by atoms with van der Waals surface area (Å²) in [5.74, 6) is 0.673. The van der Waals surface area contributed by atoms with E-state index in [9.17, 15) is 9.59 Å². The minimum absolute atomic E-state index is 0.0358. The predicted octanol–water partition coefficient (Wildman–Crippen LogP) is 2.64. The number of nitrogens with zero attached hydrogens (tertiary/aromatic N) is 1. The number of nitrogens with one attached hydrogen (secondary N) is 1. The third kappa shape index (κ3) is 6.54. The second-order valence-electron chi connectivity index (χ2n) is 4.09. The van der Waals surface area contributed by atoms with Crippen LogP contribution in [0.3, 0.4) is 0 Å². The standard InChI is InChI=1S/C13H18N2O2S2/c1-9(7-12-8-19-11(3)15-12)13(17)18-6-4-5-14-10(2)16/h7-8H,4-6H2,1-3H3,(H,14,16)/b9-7+. The summed E-state index contributed by atoms with van der Waals surface area (Å²) < 4.78 is 0. The van der Waals surface area contributed by atoms with Gasteiger partial charge in [0.2, 0.25) is 11.0 Å². The molecule has 0 radical (unpaired) electrons. The zero-order valence-corrected chi connectivity index (χ0v) is 13.0. The van der Waals surface area contributed by atoms with Crippen LogP contribution in [0.2, 0.25) is 0 Å². The van der Waals surface area contributed by atoms with Gasteiger partial charge in [0, 0.05) is 30.2 Å². The van der Waals surface area contributed by atoms with Gasteiger partial charge < -0.3 is 5.32 Å². The molecular weight excluding hydrogens is 280 g/mol. The molecule has 1 aromatic rings. The molecule has 0 aromatic carbocycles. The van der Waals surface area contributed by atoms with Crippen LogP contribution in [0.5, 0.6) is 0 Å². The van der Waals surface area contributed by atoms with Gasteiger partial charge in [0.25, 0.3) is 0 Å². The van der Waals surface area contributed by atoms with Crippen molar-refractivity contribution in [2.45, 2.75) is 27.2 Å². The maximum Gasteiger partial charge on any atom is 0.216 e. The Bertz CT molecular complexity index is 481. The highest BCUT2D eigenvalue weighted by Gasteiger charge is 2.06. The Morgan fingerprint density at radius 3 is 2.79 bits per heavy atom. The van der Waals surface area contributed by atoms with Crippen LogP contribution in [0.15, 0.2) is 11.0 Å². The molecule has 1 rings (SSSR count). The molecule has 0 saturated carbocycles. The summed E-state index contributed by atoms with van der Waals surface area (Å²) in [7, 11) is 0. The van der Waals surface area contributed by atoms with Crippen molar-refractivity contribution in [2.75, 3.05) is 12.3 Å². The summed E-state index contributed by atoms with van der Waals surface area (Å²) in [6, 6.07) is 0. The van der Waals surface area contributed by atoms with Crippen LogP contribution in [0, 0.1) is 6.92 Å². The first kappa shape index (κ1) is 15.9. The van der Waals surface area contributed by atoms with Crippen molar-refractivity contribution in [1.82, 2.24) is 10.3 Å². The lowest BCUT2D eigenvalue weighted by Gasteiger charge is -2.02. The van der Waals surface area contributed by atoms with Crippen molar-refractivity contribution in [3.63, 3.8) is 0 Å². The summed E-state index contributed by atoms with van der Waals surface area (Å²) in [6.45, 7) is 5.85. The van der Waals surface area contributed by atoms with E-state index in [1.54, 1.807) is 18.3 Å². The number of thioether (sulfide) groups is 1. The maximum absolute atomic E-state index is 11.8. The third-order valence-electron chi connectivity index (χ3n) is 2.25. The first-order valence-electron chi connectivity index (χ1n) is 6.01. The van der Waals surface area contributed by atoms with Gasteiger partial charge in [-0.15, -0.1) is 11.3 Å². The van der Waals surface area contributed by atoms with Gasteiger partial charge in [-0.1, -0.05) is 11.8 Å². The number of rotatable bonds is 6. The van der Waals surface area contributed by atoms with Crippen molar-refractivity contribution >= 4 is 40.2 Å². The molecule has 0 aliphatic carbocycles. The number of hydrogen-bond donors (Lipinski definition) is 1. The SMILES string of the molecule is CC(=O)NCCCSC(=O)/C(C)=C/c1csc(C)n1. The van der Waals surface area contributed by atoms with Gasteiger partial charge >= 0.3 is 0 Å². The van der Waals surface area contributed by atoms with Crippen molar-refractivity contribution in [3.05, 3.63) is 21.7 Å². The average Bonchev–Trinajstić information content (AvgIpc) is 2.73. The van der Waals surface area contributed by atoms with Crippen LogP contribution in [-0.2, 0) is 9.59 Å². The van der Waals surface area contributed by atoms with E-state index < -0.39 is 0 Å². The summed E-state index contributed by atoms with van der Waals surface area (Å²) in [4.78, 5) is 26.8. The van der Waals surface area contributed by atoms with Gasteiger partial charge in [0.15, 0.2) is 0 Å². The van der Waals surface area contributed by atoms with Crippen molar-refractivity contribution in [2.24, 2.45) is 0 Å². The molecule has 0 aliphatic heterocycles. The number of aromatic nitrogens is 1. The molecule has 6 heteroatoms. The van der Waals surface area contributed by atoms with E-state index in [0.717, 1.165) is 17.1 Å². The predicted molar refractivity (Wildman–Crippen MR) is 81.3 cm³/mol. The number of carbonyl (C=O) groups is 2. The first-order valence-corrected chi connectivity index (χ1v) is 7.87. The zero-order valence-electron chi connectivity index (χ0n) is 11.4. The van der Waals surface area contributed by atoms with E-state index in [-0.39, 0.29) is 11.0 Å². The van der Waals surface area contributed by atoms with Gasteiger partial charge in [-0.3, -0.25) is 9.59 Å². The van der Waals surface area contributed by atoms with Crippen LogP contribution < -0.4 is 5.32 Å². The van der Waals surface area contributed by atoms with Crippen LogP contribution in [0.4, 0.5) is 0 Å². The molecule has 19 heavy (non-hydrogen) atoms. The number of carbonyl (C=O) groups excluding carboxylic acids is 2. The number of amides is 1. The maximum atomic E-state index is 11.8. The normalized spacial score (nSPS) is 11.4. The van der Waals surface area contributed by atoms with E-state index in [1.165, 1.54) is 18.7 Å². The Labute approximate surface area is 121 Å². The lowest BCUT2D eigenvalue weighted by molar-refractivity contribution is -0.118. The lowest BCUT2D eigenvalue weighted by atomic mass is 10.3. The van der Waals surface area contributed by atoms with Crippen LogP contribution in [-0.4, -0.2) is 28.3 Å². The third-order valence-corrected chi connectivity index (χ3v) is 4.12. The van der Waals surface area contributed by atoms with E-state index in [0.29, 0.717) is 17.9 Å². The monoisotopic (exact) mass is 298 g/mol. The van der Waals surface area contributed by atoms with Crippen molar-refractivity contribution < 1.29 is 9.59 Å². The fraction of sp³-hybridized carbons (Fsp3) is 0.462. The fourth-order valence-corrected chi connectivity index (χ4v) is 2.67. The van der Waals surface area contributed by atoms with E-state index in [1.807, 2.05) is 18.4 Å². The molecule has 0 aliphatic rings. The van der Waals surface area contributed by atoms with E-state index in [4.69, 9.17) is 0 Å². The average molecular weight is 298 g/mol. The van der Waals surface area contributed by atoms with Crippen molar-refractivity contribution in [3.8, 4) is 0 Å². The second-order valence-corrected chi connectivity index (χ2v) is 6.22. The minimum atomic E-state index is -0.0358. The Morgan fingerprint density at radius 2 is 2.21 bits per heavy atom. The van der Waals surface area contributed by atoms with E-state index in [2.05, 4.69) is 10.3 Å². The summed E-state index contributed by atoms with van der Waals surface area (Å²) in [5, 5.41) is 5.70. The highest BCUT2D eigenvalue weighted by atomic mass is 32.2. The van der Waals surface area contributed by atoms with Gasteiger partial charge in [0.05, 0.1) is 10.7 Å². The van der Waals surface area contributed by atoms with Crippen LogP contribution in [0.1, 0.15) is 31.0 Å². The molecule has 0 fully saturated rings. The molecular formula is C13H18N2O2S2. The number of aryl methyl sites for hydroxylation is 1. The zero-order chi connectivity index (χ0) is 14.3. The van der Waals surface area contributed by atoms with Gasteiger partial charge in [-0.05, 0) is 26.3 Å². The first-order chi connectivity index (χ1) is 8.99. The van der Waals surface area contributed by atoms with Gasteiger partial charge in [0.1, 0.15) is 0 Å². The summed E-state index contributed by atoms with van der Waals surface area (Å²) in [6.07, 6.45) is 2.60. The molecule has 0 spiro atoms. The molecule has 1 N–H and O–H groups in total. The lowest BCUT2D eigenvalue weighted by Crippen LogP contribution is -2.21. The summed E-state index contributed by atoms with van der Waals surface area (Å²) in [5.41, 5.74) is 1.54. The molecule has 0 saturated heterocycles.